The topological polar surface area (TPSA) is 415 Å². The average Bonchev–Trinajstić information content (AvgIpc) is 3.25. The molecule has 0 aromatic carbocycles. The highest BCUT2D eigenvalue weighted by atomic mass is 16.4. The lowest BCUT2D eigenvalue weighted by Crippen LogP contribution is -2.15. The van der Waals surface area contributed by atoms with E-state index in [4.69, 9.17) is 91.9 Å². The van der Waals surface area contributed by atoms with Crippen LogP contribution in [0.1, 0.15) is 136 Å². The number of carboxylic acid groups (broad SMARTS) is 3. The summed E-state index contributed by atoms with van der Waals surface area (Å²) in [5.74, 6) is -2.01. The van der Waals surface area contributed by atoms with Crippen molar-refractivity contribution in [2.45, 2.75) is 167 Å². The monoisotopic (exact) mass is 893 g/mol. The molecular formula is C39H88O21. The van der Waals surface area contributed by atoms with E-state index < -0.39 is 48.4 Å². The normalized spacial score (nSPS) is 9.85. The van der Waals surface area contributed by atoms with Crippen LogP contribution in [-0.4, -0.2) is 206 Å². The molecule has 0 fully saturated rings. The van der Waals surface area contributed by atoms with E-state index in [1.54, 1.807) is 0 Å². The molecule has 0 aromatic rings. The molecule has 0 aliphatic rings. The van der Waals surface area contributed by atoms with Crippen LogP contribution in [0.3, 0.4) is 0 Å². The fourth-order valence-electron chi connectivity index (χ4n) is 2.93. The summed E-state index contributed by atoms with van der Waals surface area (Å²) in [6.07, 6.45) is 12.9. The Morgan fingerprint density at radius 2 is 0.417 bits per heavy atom. The van der Waals surface area contributed by atoms with Gasteiger partial charge in [-0.15, -0.1) is 0 Å². The van der Waals surface area contributed by atoms with Gasteiger partial charge in [-0.25, -0.2) is 0 Å². The molecule has 0 saturated heterocycles. The van der Waals surface area contributed by atoms with E-state index in [1.165, 1.54) is 57.8 Å². The molecule has 370 valence electrons. The Balaban J connectivity index is -0.0000000869. The number of rotatable bonds is 28. The summed E-state index contributed by atoms with van der Waals surface area (Å²) < 4.78 is 0. The van der Waals surface area contributed by atoms with Crippen LogP contribution in [0.2, 0.25) is 0 Å². The highest BCUT2D eigenvalue weighted by Crippen LogP contribution is 2.05. The van der Waals surface area contributed by atoms with Crippen LogP contribution < -0.4 is 0 Å². The van der Waals surface area contributed by atoms with Crippen molar-refractivity contribution in [3.8, 4) is 0 Å². The highest BCUT2D eigenvalue weighted by molar-refractivity contribution is 5.67. The van der Waals surface area contributed by atoms with Crippen LogP contribution in [0.15, 0.2) is 0 Å². The van der Waals surface area contributed by atoms with E-state index in [1.807, 2.05) is 0 Å². The maximum atomic E-state index is 10.0. The van der Waals surface area contributed by atoms with Gasteiger partial charge in [0.25, 0.3) is 0 Å². The third-order valence-corrected chi connectivity index (χ3v) is 6.59. The Hall–Kier alpha value is -2.19. The Morgan fingerprint density at radius 3 is 0.500 bits per heavy atom. The van der Waals surface area contributed by atoms with Gasteiger partial charge in [0.15, 0.2) is 0 Å². The molecule has 21 nitrogen and oxygen atoms in total. The summed E-state index contributed by atoms with van der Waals surface area (Å²) in [7, 11) is 0. The SMILES string of the molecule is CCCCCCCC(=O)O.CCCCCCCC(=O)O.CCCCCCCC(=O)O.OCC(O)CO.OCC(O)CO.OCC(O)CO.OCC(O)CO.OCC(O)CO. The third-order valence-electron chi connectivity index (χ3n) is 6.59. The molecule has 0 rings (SSSR count). The van der Waals surface area contributed by atoms with Crippen molar-refractivity contribution >= 4 is 17.9 Å². The first-order valence-electron chi connectivity index (χ1n) is 20.5. The van der Waals surface area contributed by atoms with Crippen molar-refractivity contribution in [1.82, 2.24) is 0 Å². The molecule has 60 heavy (non-hydrogen) atoms. The average molecular weight is 893 g/mol. The van der Waals surface area contributed by atoms with Crippen molar-refractivity contribution in [3.63, 3.8) is 0 Å². The van der Waals surface area contributed by atoms with Crippen molar-refractivity contribution in [1.29, 1.82) is 0 Å². The number of aliphatic hydroxyl groups excluding tert-OH is 15. The molecule has 0 bridgehead atoms. The molecule has 0 aliphatic heterocycles. The van der Waals surface area contributed by atoms with Gasteiger partial charge in [0, 0.05) is 19.3 Å². The summed E-state index contributed by atoms with van der Waals surface area (Å²) in [4.78, 5) is 30.1. The van der Waals surface area contributed by atoms with Gasteiger partial charge in [0.05, 0.1) is 66.1 Å². The Morgan fingerprint density at radius 1 is 0.283 bits per heavy atom. The maximum Gasteiger partial charge on any atom is 0.303 e. The largest absolute Gasteiger partial charge is 0.481 e. The number of aliphatic carboxylic acids is 3. The summed E-state index contributed by atoms with van der Waals surface area (Å²) in [6.45, 7) is 2.80. The highest BCUT2D eigenvalue weighted by Gasteiger charge is 1.98. The van der Waals surface area contributed by atoms with Crippen LogP contribution >= 0.6 is 0 Å². The molecule has 0 aliphatic carbocycles. The number of hydrogen-bond acceptors (Lipinski definition) is 18. The lowest BCUT2D eigenvalue weighted by molar-refractivity contribution is -0.138. The van der Waals surface area contributed by atoms with Gasteiger partial charge in [-0.05, 0) is 19.3 Å². The van der Waals surface area contributed by atoms with Crippen LogP contribution in [0.25, 0.3) is 0 Å². The number of carboxylic acids is 3. The van der Waals surface area contributed by atoms with Crippen molar-refractivity contribution in [3.05, 3.63) is 0 Å². The number of aliphatic hydroxyl groups is 15. The first kappa shape index (κ1) is 75.2. The van der Waals surface area contributed by atoms with Crippen molar-refractivity contribution in [2.24, 2.45) is 0 Å². The van der Waals surface area contributed by atoms with Gasteiger partial charge in [-0.1, -0.05) is 97.8 Å². The minimum Gasteiger partial charge on any atom is -0.481 e. The first-order chi connectivity index (χ1) is 28.4. The zero-order valence-corrected chi connectivity index (χ0v) is 36.5. The molecule has 21 heteroatoms. The zero-order chi connectivity index (χ0) is 48.4. The Kier molecular flexibility index (Phi) is 89.4. The van der Waals surface area contributed by atoms with E-state index in [9.17, 15) is 14.4 Å². The van der Waals surface area contributed by atoms with Gasteiger partial charge in [-0.2, -0.15) is 0 Å². The predicted molar refractivity (Wildman–Crippen MR) is 224 cm³/mol. The van der Waals surface area contributed by atoms with Gasteiger partial charge in [0.2, 0.25) is 0 Å². The van der Waals surface area contributed by atoms with Crippen LogP contribution in [-0.2, 0) is 14.4 Å². The van der Waals surface area contributed by atoms with Gasteiger partial charge in [-0.3, -0.25) is 14.4 Å². The van der Waals surface area contributed by atoms with E-state index >= 15 is 0 Å². The fourth-order valence-corrected chi connectivity index (χ4v) is 2.93. The van der Waals surface area contributed by atoms with Gasteiger partial charge < -0.3 is 91.9 Å². The molecule has 0 unspecified atom stereocenters. The Labute approximate surface area is 356 Å². The minimum atomic E-state index is -0.954. The molecule has 0 radical (unpaired) electrons. The van der Waals surface area contributed by atoms with E-state index in [0.717, 1.165) is 38.5 Å². The van der Waals surface area contributed by atoms with Crippen LogP contribution in [0, 0.1) is 0 Å². The second-order valence-corrected chi connectivity index (χ2v) is 12.8. The maximum absolute atomic E-state index is 10.0. The zero-order valence-electron chi connectivity index (χ0n) is 36.5. The molecule has 0 atom stereocenters. The molecule has 0 aromatic heterocycles. The third kappa shape index (κ3) is 111. The van der Waals surface area contributed by atoms with E-state index in [-0.39, 0.29) is 66.1 Å². The summed E-state index contributed by atoms with van der Waals surface area (Å²) in [6, 6.07) is 0. The smallest absolute Gasteiger partial charge is 0.303 e. The Bertz CT molecular complexity index is 632. The molecular weight excluding hydrogens is 804 g/mol. The predicted octanol–water partition coefficient (Wildman–Crippen LogP) is -1.05. The number of hydrogen-bond donors (Lipinski definition) is 18. The summed E-state index contributed by atoms with van der Waals surface area (Å²) in [5, 5.41) is 145. The minimum absolute atomic E-state index is 0.337. The lowest BCUT2D eigenvalue weighted by Gasteiger charge is -1.96. The molecule has 0 heterocycles. The van der Waals surface area contributed by atoms with E-state index in [2.05, 4.69) is 20.8 Å². The summed E-state index contributed by atoms with van der Waals surface area (Å²) in [5.41, 5.74) is 0. The van der Waals surface area contributed by atoms with Crippen LogP contribution in [0.5, 0.6) is 0 Å². The van der Waals surface area contributed by atoms with Crippen molar-refractivity contribution < 1.29 is 106 Å². The van der Waals surface area contributed by atoms with Crippen LogP contribution in [0.4, 0.5) is 0 Å². The van der Waals surface area contributed by atoms with Gasteiger partial charge >= 0.3 is 17.9 Å². The quantitative estimate of drug-likeness (QED) is 0.0417. The second kappa shape index (κ2) is 71.3. The second-order valence-electron chi connectivity index (χ2n) is 12.8. The fraction of sp³-hybridized carbons (Fsp3) is 0.923. The molecule has 0 saturated carbocycles. The van der Waals surface area contributed by atoms with Crippen molar-refractivity contribution in [2.75, 3.05) is 66.1 Å². The standard InChI is InChI=1S/3C8H16O2.5C3H8O3/c3*1-2-3-4-5-6-7-8(9)10;5*4-1-3(6)2-5/h3*2-7H2,1H3,(H,9,10);5*3-6H,1-2H2. The number of unbranched alkanes of at least 4 members (excludes halogenated alkanes) is 12. The molecule has 0 amide bonds. The molecule has 0 spiro atoms. The lowest BCUT2D eigenvalue weighted by atomic mass is 10.1. The van der Waals surface area contributed by atoms with E-state index in [0.29, 0.717) is 19.3 Å². The summed E-state index contributed by atoms with van der Waals surface area (Å²) >= 11 is 0. The number of carbonyl (C=O) groups is 3. The van der Waals surface area contributed by atoms with Gasteiger partial charge in [0.1, 0.15) is 30.5 Å². The first-order valence-corrected chi connectivity index (χ1v) is 20.5. The molecule has 18 N–H and O–H groups in total.